The molecule has 6 atom stereocenters. The van der Waals surface area contributed by atoms with Crippen LogP contribution in [0.15, 0.2) is 18.3 Å². The summed E-state index contributed by atoms with van der Waals surface area (Å²) in [5.41, 5.74) is 0.152. The Morgan fingerprint density at radius 1 is 1.00 bits per heavy atom. The molecule has 3 aromatic rings. The van der Waals surface area contributed by atoms with Gasteiger partial charge in [-0.25, -0.2) is 17.9 Å². The van der Waals surface area contributed by atoms with Gasteiger partial charge in [0.25, 0.3) is 0 Å². The topological polar surface area (TPSA) is 130 Å². The van der Waals surface area contributed by atoms with Gasteiger partial charge in [-0.1, -0.05) is 5.21 Å². The van der Waals surface area contributed by atoms with Gasteiger partial charge >= 0.3 is 0 Å². The monoisotopic (exact) mass is 607 g/mol. The predicted molar refractivity (Wildman–Crippen MR) is 137 cm³/mol. The molecular weight excluding hydrogens is 575 g/mol. The number of nitrogens with zero attached hydrogens (tertiary/aromatic N) is 7. The largest absolute Gasteiger partial charge is 0.362 e. The minimum absolute atomic E-state index is 0.0227. The Hall–Kier alpha value is -3.02. The number of tetrazole rings is 1. The molecule has 2 aromatic heterocycles. The lowest BCUT2D eigenvalue weighted by atomic mass is 9.87. The summed E-state index contributed by atoms with van der Waals surface area (Å²) in [6.45, 7) is 4.85. The number of benzene rings is 1. The molecule has 0 amide bonds. The summed E-state index contributed by atoms with van der Waals surface area (Å²) in [5, 5.41) is 21.3. The van der Waals surface area contributed by atoms with Crippen molar-refractivity contribution >= 4 is 0 Å². The molecule has 232 valence electrons. The summed E-state index contributed by atoms with van der Waals surface area (Å²) >= 11 is 0. The SMILES string of the molecule is CC1(C)OC[C@H]2O[C@@]3(CCCO3)[C@H](OCc3nnn(C4CCCCO4)n3)[C@@H](n3cc(-c4cc(F)c(F)c(F)c4)nn3)[C@H]2O1. The maximum absolute atomic E-state index is 14.1. The van der Waals surface area contributed by atoms with E-state index in [1.54, 1.807) is 13.8 Å². The molecule has 0 bridgehead atoms. The van der Waals surface area contributed by atoms with Crippen molar-refractivity contribution in [2.75, 3.05) is 19.8 Å². The minimum Gasteiger partial charge on any atom is -0.362 e. The molecule has 4 aliphatic heterocycles. The number of aromatic nitrogens is 7. The fourth-order valence-corrected chi connectivity index (χ4v) is 6.19. The van der Waals surface area contributed by atoms with E-state index in [0.29, 0.717) is 25.5 Å². The summed E-state index contributed by atoms with van der Waals surface area (Å²) in [7, 11) is 0. The fourth-order valence-electron chi connectivity index (χ4n) is 6.19. The molecular formula is C27H32F3N7O6. The molecule has 4 aliphatic rings. The molecule has 6 heterocycles. The molecule has 13 nitrogen and oxygen atoms in total. The zero-order valence-corrected chi connectivity index (χ0v) is 23.7. The van der Waals surface area contributed by atoms with E-state index in [1.807, 2.05) is 0 Å². The Kier molecular flexibility index (Phi) is 7.46. The van der Waals surface area contributed by atoms with Gasteiger partial charge in [0.05, 0.1) is 19.4 Å². The van der Waals surface area contributed by atoms with Crippen LogP contribution in [-0.2, 0) is 35.0 Å². The van der Waals surface area contributed by atoms with Crippen LogP contribution in [0.1, 0.15) is 64.0 Å². The molecule has 4 saturated heterocycles. The lowest BCUT2D eigenvalue weighted by Gasteiger charge is -2.54. The highest BCUT2D eigenvalue weighted by molar-refractivity contribution is 5.58. The smallest absolute Gasteiger partial charge is 0.200 e. The Balaban J connectivity index is 1.23. The molecule has 43 heavy (non-hydrogen) atoms. The quantitative estimate of drug-likeness (QED) is 0.383. The van der Waals surface area contributed by atoms with E-state index >= 15 is 0 Å². The predicted octanol–water partition coefficient (Wildman–Crippen LogP) is 3.23. The van der Waals surface area contributed by atoms with Crippen LogP contribution in [0, 0.1) is 17.5 Å². The first-order chi connectivity index (χ1) is 20.7. The highest BCUT2D eigenvalue weighted by Crippen LogP contribution is 2.48. The average Bonchev–Trinajstić information content (AvgIpc) is 3.77. The maximum Gasteiger partial charge on any atom is 0.200 e. The van der Waals surface area contributed by atoms with Gasteiger partial charge in [0, 0.05) is 18.6 Å². The number of hydrogen-bond donors (Lipinski definition) is 0. The average molecular weight is 608 g/mol. The van der Waals surface area contributed by atoms with E-state index < -0.39 is 53.4 Å². The molecule has 1 aromatic carbocycles. The molecule has 0 radical (unpaired) electrons. The van der Waals surface area contributed by atoms with Crippen LogP contribution in [0.25, 0.3) is 11.3 Å². The molecule has 0 aliphatic carbocycles. The summed E-state index contributed by atoms with van der Waals surface area (Å²) in [6.07, 6.45) is 3.28. The number of halogens is 3. The minimum atomic E-state index is -1.56. The van der Waals surface area contributed by atoms with Crippen molar-refractivity contribution in [3.05, 3.63) is 41.6 Å². The van der Waals surface area contributed by atoms with Crippen LogP contribution in [0.3, 0.4) is 0 Å². The number of hydrogen-bond acceptors (Lipinski definition) is 11. The standard InChI is InChI=1S/C27H32F3N7O6/c1-26(2)41-13-19-24(43-26)23(36-12-18(31-34-36)15-10-16(28)22(30)17(29)11-15)25(27(42-19)7-5-9-40-27)39-14-20-32-35-37(33-20)21-6-3-4-8-38-21/h10-12,19,21,23-25H,3-9,13-14H2,1-2H3/t19-,21?,23+,24+,25-,27+/m1/s1. The number of rotatable bonds is 6. The van der Waals surface area contributed by atoms with Crippen molar-refractivity contribution in [2.24, 2.45) is 0 Å². The van der Waals surface area contributed by atoms with E-state index in [-0.39, 0.29) is 30.7 Å². The second kappa shape index (κ2) is 11.2. The van der Waals surface area contributed by atoms with Crippen molar-refractivity contribution in [3.8, 4) is 11.3 Å². The van der Waals surface area contributed by atoms with Gasteiger partial charge in [0.1, 0.15) is 36.7 Å². The van der Waals surface area contributed by atoms with Crippen LogP contribution in [0.5, 0.6) is 0 Å². The van der Waals surface area contributed by atoms with Crippen LogP contribution in [0.2, 0.25) is 0 Å². The normalized spacial score (nSPS) is 32.3. The Bertz CT molecular complexity index is 1440. The van der Waals surface area contributed by atoms with Crippen LogP contribution in [-0.4, -0.2) is 84.9 Å². The van der Waals surface area contributed by atoms with Crippen molar-refractivity contribution in [2.45, 2.75) is 94.7 Å². The van der Waals surface area contributed by atoms with E-state index in [4.69, 9.17) is 28.4 Å². The van der Waals surface area contributed by atoms with Gasteiger partial charge in [-0.3, -0.25) is 0 Å². The second-order valence-corrected chi connectivity index (χ2v) is 11.6. The molecule has 16 heteroatoms. The highest BCUT2D eigenvalue weighted by Gasteiger charge is 2.61. The van der Waals surface area contributed by atoms with E-state index in [9.17, 15) is 13.2 Å². The Morgan fingerprint density at radius 3 is 2.58 bits per heavy atom. The second-order valence-electron chi connectivity index (χ2n) is 11.6. The third-order valence-corrected chi connectivity index (χ3v) is 8.20. The van der Waals surface area contributed by atoms with Gasteiger partial charge in [-0.05, 0) is 56.9 Å². The highest BCUT2D eigenvalue weighted by atomic mass is 19.2. The fraction of sp³-hybridized carbons (Fsp3) is 0.667. The van der Waals surface area contributed by atoms with E-state index in [0.717, 1.165) is 37.8 Å². The van der Waals surface area contributed by atoms with Gasteiger partial charge in [-0.15, -0.1) is 20.1 Å². The van der Waals surface area contributed by atoms with Crippen molar-refractivity contribution in [1.82, 2.24) is 35.2 Å². The van der Waals surface area contributed by atoms with Gasteiger partial charge in [-0.2, -0.15) is 0 Å². The van der Waals surface area contributed by atoms with Crippen LogP contribution in [0.4, 0.5) is 13.2 Å². The zero-order valence-electron chi connectivity index (χ0n) is 23.7. The first kappa shape index (κ1) is 28.7. The first-order valence-electron chi connectivity index (χ1n) is 14.4. The molecule has 1 unspecified atom stereocenters. The molecule has 7 rings (SSSR count). The number of fused-ring (bicyclic) bond motifs is 1. The Morgan fingerprint density at radius 2 is 1.84 bits per heavy atom. The summed E-state index contributed by atoms with van der Waals surface area (Å²) in [4.78, 5) is 1.46. The Labute approximate surface area is 244 Å². The third-order valence-electron chi connectivity index (χ3n) is 8.20. The zero-order chi connectivity index (χ0) is 29.8. The van der Waals surface area contributed by atoms with Gasteiger partial charge in [0.2, 0.25) is 5.82 Å². The molecule has 4 fully saturated rings. The summed E-state index contributed by atoms with van der Waals surface area (Å²) in [6, 6.07) is 1.05. The van der Waals surface area contributed by atoms with Crippen molar-refractivity contribution in [1.29, 1.82) is 0 Å². The van der Waals surface area contributed by atoms with Crippen molar-refractivity contribution < 1.29 is 41.6 Å². The lowest BCUT2D eigenvalue weighted by molar-refractivity contribution is -0.404. The van der Waals surface area contributed by atoms with E-state index in [2.05, 4.69) is 25.7 Å². The van der Waals surface area contributed by atoms with Crippen LogP contribution >= 0.6 is 0 Å². The number of ether oxygens (including phenoxy) is 6. The van der Waals surface area contributed by atoms with Crippen molar-refractivity contribution in [3.63, 3.8) is 0 Å². The van der Waals surface area contributed by atoms with E-state index in [1.165, 1.54) is 15.7 Å². The summed E-state index contributed by atoms with van der Waals surface area (Å²) in [5.74, 6) is -6.01. The first-order valence-corrected chi connectivity index (χ1v) is 14.4. The summed E-state index contributed by atoms with van der Waals surface area (Å²) < 4.78 is 80.6. The maximum atomic E-state index is 14.1. The van der Waals surface area contributed by atoms with Crippen LogP contribution < -0.4 is 0 Å². The third kappa shape index (κ3) is 5.44. The van der Waals surface area contributed by atoms with Gasteiger partial charge < -0.3 is 28.4 Å². The molecule has 1 spiro atoms. The van der Waals surface area contributed by atoms with Gasteiger partial charge in [0.15, 0.2) is 35.3 Å². The lowest BCUT2D eigenvalue weighted by Crippen LogP contribution is -2.67. The molecule has 0 saturated carbocycles. The molecule has 0 N–H and O–H groups in total.